The molecule has 0 bridgehead atoms. The Labute approximate surface area is 170 Å². The van der Waals surface area contributed by atoms with E-state index in [1.54, 1.807) is 14.2 Å². The first kappa shape index (κ1) is 20.2. The normalized spacial score (nSPS) is 10.3. The second kappa shape index (κ2) is 9.61. The van der Waals surface area contributed by atoms with Gasteiger partial charge in [-0.15, -0.1) is 0 Å². The van der Waals surface area contributed by atoms with E-state index in [4.69, 9.17) is 9.47 Å². The minimum Gasteiger partial charge on any atom is -0.497 e. The fourth-order valence-corrected chi connectivity index (χ4v) is 3.07. The zero-order valence-electron chi connectivity index (χ0n) is 16.4. The number of anilines is 2. The van der Waals surface area contributed by atoms with Crippen LogP contribution in [0.15, 0.2) is 66.7 Å². The molecular weight excluding hydrogens is 368 g/mol. The van der Waals surface area contributed by atoms with E-state index in [1.165, 1.54) is 0 Å². The Kier molecular flexibility index (Phi) is 6.71. The highest BCUT2D eigenvalue weighted by Gasteiger charge is 2.10. The van der Waals surface area contributed by atoms with Gasteiger partial charge in [0.15, 0.2) is 0 Å². The van der Waals surface area contributed by atoms with Crippen LogP contribution in [0, 0.1) is 0 Å². The van der Waals surface area contributed by atoms with Crippen LogP contribution in [0.1, 0.15) is 5.56 Å². The highest BCUT2D eigenvalue weighted by atomic mass is 16.5. The number of para-hydroxylation sites is 1. The number of nitrogens with one attached hydrogen (secondary N) is 2. The van der Waals surface area contributed by atoms with E-state index >= 15 is 0 Å². The third-order valence-corrected chi connectivity index (χ3v) is 4.49. The Morgan fingerprint density at radius 3 is 2.52 bits per heavy atom. The van der Waals surface area contributed by atoms with Crippen molar-refractivity contribution in [1.29, 1.82) is 0 Å². The third-order valence-electron chi connectivity index (χ3n) is 4.49. The maximum Gasteiger partial charge on any atom is 0.323 e. The molecule has 0 aliphatic carbocycles. The van der Waals surface area contributed by atoms with Crippen molar-refractivity contribution in [3.05, 3.63) is 72.3 Å². The standard InChI is InChI=1S/C23H24N2O4/c1-28-19-10-11-20(22(15-19)29-2)17-7-5-8-18(14-17)24-23(27)25-21-9-4-3-6-16(21)12-13-26/h3-11,14-15,26H,12-13H2,1-2H3,(H2,24,25,27). The average molecular weight is 392 g/mol. The summed E-state index contributed by atoms with van der Waals surface area (Å²) in [7, 11) is 3.22. The average Bonchev–Trinajstić information content (AvgIpc) is 2.75. The summed E-state index contributed by atoms with van der Waals surface area (Å²) in [5.41, 5.74) is 4.00. The molecule has 0 aromatic heterocycles. The van der Waals surface area contributed by atoms with Gasteiger partial charge in [-0.05, 0) is 47.9 Å². The highest BCUT2D eigenvalue weighted by Crippen LogP contribution is 2.34. The second-order valence-corrected chi connectivity index (χ2v) is 6.36. The van der Waals surface area contributed by atoms with Crippen LogP contribution in [0.4, 0.5) is 16.2 Å². The fourth-order valence-electron chi connectivity index (χ4n) is 3.07. The van der Waals surface area contributed by atoms with E-state index < -0.39 is 0 Å². The lowest BCUT2D eigenvalue weighted by Gasteiger charge is -2.13. The van der Waals surface area contributed by atoms with E-state index in [9.17, 15) is 9.90 Å². The van der Waals surface area contributed by atoms with Gasteiger partial charge in [-0.2, -0.15) is 0 Å². The number of aliphatic hydroxyl groups is 1. The quantitative estimate of drug-likeness (QED) is 0.551. The van der Waals surface area contributed by atoms with Gasteiger partial charge in [0.25, 0.3) is 0 Å². The third kappa shape index (κ3) is 5.06. The van der Waals surface area contributed by atoms with Crippen molar-refractivity contribution >= 4 is 17.4 Å². The highest BCUT2D eigenvalue weighted by molar-refractivity contribution is 6.00. The lowest BCUT2D eigenvalue weighted by Crippen LogP contribution is -2.20. The number of carbonyl (C=O) groups is 1. The molecule has 0 fully saturated rings. The summed E-state index contributed by atoms with van der Waals surface area (Å²) >= 11 is 0. The predicted molar refractivity (Wildman–Crippen MR) is 115 cm³/mol. The molecule has 150 valence electrons. The van der Waals surface area contributed by atoms with Gasteiger partial charge in [-0.3, -0.25) is 0 Å². The minimum absolute atomic E-state index is 0.0199. The Balaban J connectivity index is 1.78. The molecule has 0 unspecified atom stereocenters. The Morgan fingerprint density at radius 1 is 0.931 bits per heavy atom. The molecular formula is C23H24N2O4. The van der Waals surface area contributed by atoms with Crippen molar-refractivity contribution in [3.63, 3.8) is 0 Å². The lowest BCUT2D eigenvalue weighted by molar-refractivity contribution is 0.262. The fraction of sp³-hybridized carbons (Fsp3) is 0.174. The second-order valence-electron chi connectivity index (χ2n) is 6.36. The SMILES string of the molecule is COc1ccc(-c2cccc(NC(=O)Nc3ccccc3CCO)c2)c(OC)c1. The molecule has 0 saturated carbocycles. The zero-order valence-corrected chi connectivity index (χ0v) is 16.4. The zero-order chi connectivity index (χ0) is 20.6. The predicted octanol–water partition coefficient (Wildman–Crippen LogP) is 4.55. The molecule has 3 aromatic carbocycles. The molecule has 0 aliphatic heterocycles. The van der Waals surface area contributed by atoms with Gasteiger partial charge in [0.2, 0.25) is 0 Å². The van der Waals surface area contributed by atoms with Gasteiger partial charge in [-0.25, -0.2) is 4.79 Å². The van der Waals surface area contributed by atoms with E-state index in [0.717, 1.165) is 16.7 Å². The van der Waals surface area contributed by atoms with Crippen molar-refractivity contribution in [1.82, 2.24) is 0 Å². The summed E-state index contributed by atoms with van der Waals surface area (Å²) in [4.78, 5) is 12.5. The molecule has 6 nitrogen and oxygen atoms in total. The topological polar surface area (TPSA) is 79.8 Å². The van der Waals surface area contributed by atoms with Crippen LogP contribution in [-0.4, -0.2) is 32.0 Å². The molecule has 0 aliphatic rings. The van der Waals surface area contributed by atoms with Gasteiger partial charge in [0.05, 0.1) is 14.2 Å². The number of aliphatic hydroxyl groups excluding tert-OH is 1. The first-order chi connectivity index (χ1) is 14.1. The van der Waals surface area contributed by atoms with Crippen molar-refractivity contribution in [2.45, 2.75) is 6.42 Å². The van der Waals surface area contributed by atoms with Gasteiger partial charge in [0, 0.05) is 29.6 Å². The molecule has 3 N–H and O–H groups in total. The van der Waals surface area contributed by atoms with E-state index in [1.807, 2.05) is 66.7 Å². The van der Waals surface area contributed by atoms with Gasteiger partial charge < -0.3 is 25.2 Å². The molecule has 0 heterocycles. The first-order valence-electron chi connectivity index (χ1n) is 9.24. The van der Waals surface area contributed by atoms with Crippen LogP contribution < -0.4 is 20.1 Å². The summed E-state index contributed by atoms with van der Waals surface area (Å²) in [5, 5.41) is 14.9. The van der Waals surface area contributed by atoms with Crippen LogP contribution in [0.2, 0.25) is 0 Å². The van der Waals surface area contributed by atoms with Gasteiger partial charge >= 0.3 is 6.03 Å². The summed E-state index contributed by atoms with van der Waals surface area (Å²) in [6.07, 6.45) is 0.475. The number of hydrogen-bond donors (Lipinski definition) is 3. The Morgan fingerprint density at radius 2 is 1.76 bits per heavy atom. The number of methoxy groups -OCH3 is 2. The molecule has 3 rings (SSSR count). The van der Waals surface area contributed by atoms with Crippen LogP contribution in [0.3, 0.4) is 0 Å². The number of benzene rings is 3. The number of hydrogen-bond acceptors (Lipinski definition) is 4. The van der Waals surface area contributed by atoms with Gasteiger partial charge in [0.1, 0.15) is 11.5 Å². The van der Waals surface area contributed by atoms with Crippen LogP contribution >= 0.6 is 0 Å². The van der Waals surface area contributed by atoms with E-state index in [-0.39, 0.29) is 12.6 Å². The number of rotatable bonds is 7. The van der Waals surface area contributed by atoms with Crippen LogP contribution in [0.5, 0.6) is 11.5 Å². The molecule has 0 atom stereocenters. The van der Waals surface area contributed by atoms with Crippen molar-refractivity contribution < 1.29 is 19.4 Å². The minimum atomic E-state index is -0.353. The summed E-state index contributed by atoms with van der Waals surface area (Å²) < 4.78 is 10.7. The van der Waals surface area contributed by atoms with Crippen molar-refractivity contribution in [2.24, 2.45) is 0 Å². The smallest absolute Gasteiger partial charge is 0.323 e. The maximum atomic E-state index is 12.5. The number of ether oxygens (including phenoxy) is 2. The molecule has 0 saturated heterocycles. The van der Waals surface area contributed by atoms with Crippen molar-refractivity contribution in [2.75, 3.05) is 31.5 Å². The summed E-state index contributed by atoms with van der Waals surface area (Å²) in [6, 6.07) is 20.2. The monoisotopic (exact) mass is 392 g/mol. The Hall–Kier alpha value is -3.51. The molecule has 3 aromatic rings. The largest absolute Gasteiger partial charge is 0.497 e. The van der Waals surface area contributed by atoms with Crippen LogP contribution in [-0.2, 0) is 6.42 Å². The number of carbonyl (C=O) groups excluding carboxylic acids is 1. The molecule has 0 radical (unpaired) electrons. The first-order valence-corrected chi connectivity index (χ1v) is 9.24. The number of urea groups is 1. The van der Waals surface area contributed by atoms with Gasteiger partial charge in [-0.1, -0.05) is 30.3 Å². The number of amides is 2. The molecule has 29 heavy (non-hydrogen) atoms. The molecule has 6 heteroatoms. The van der Waals surface area contributed by atoms with Crippen LogP contribution in [0.25, 0.3) is 11.1 Å². The van der Waals surface area contributed by atoms with E-state index in [0.29, 0.717) is 29.3 Å². The summed E-state index contributed by atoms with van der Waals surface area (Å²) in [6.45, 7) is 0.0199. The van der Waals surface area contributed by atoms with Crippen molar-refractivity contribution in [3.8, 4) is 22.6 Å². The Bertz CT molecular complexity index is 988. The maximum absolute atomic E-state index is 12.5. The lowest BCUT2D eigenvalue weighted by atomic mass is 10.0. The molecule has 2 amide bonds. The summed E-state index contributed by atoms with van der Waals surface area (Å²) in [5.74, 6) is 1.39. The molecule has 0 spiro atoms. The van der Waals surface area contributed by atoms with E-state index in [2.05, 4.69) is 10.6 Å².